The number of hydrogen-bond donors (Lipinski definition) is 2. The van der Waals surface area contributed by atoms with E-state index in [2.05, 4.69) is 10.6 Å². The number of carbonyl (C=O) groups is 1. The lowest BCUT2D eigenvalue weighted by Crippen LogP contribution is -2.32. The van der Waals surface area contributed by atoms with Crippen LogP contribution in [-0.4, -0.2) is 26.2 Å². The molecular weight excluding hydrogens is 280 g/mol. The molecule has 0 radical (unpaired) electrons. The fourth-order valence-corrected chi connectivity index (χ4v) is 2.59. The molecule has 1 amide bonds. The third-order valence-electron chi connectivity index (χ3n) is 3.75. The summed E-state index contributed by atoms with van der Waals surface area (Å²) < 4.78 is 10.5. The van der Waals surface area contributed by atoms with Crippen LogP contribution in [-0.2, 0) is 11.2 Å². The number of anilines is 2. The Hall–Kier alpha value is -2.69. The summed E-state index contributed by atoms with van der Waals surface area (Å²) in [4.78, 5) is 12.5. The van der Waals surface area contributed by atoms with Gasteiger partial charge in [-0.2, -0.15) is 0 Å². The number of benzene rings is 2. The molecule has 0 saturated carbocycles. The third-order valence-corrected chi connectivity index (χ3v) is 3.75. The number of methoxy groups -OCH3 is 2. The smallest absolute Gasteiger partial charge is 0.247 e. The van der Waals surface area contributed by atoms with Crippen molar-refractivity contribution in [3.63, 3.8) is 0 Å². The Balaban J connectivity index is 1.75. The van der Waals surface area contributed by atoms with Crippen molar-refractivity contribution in [2.75, 3.05) is 24.9 Å². The molecule has 2 aromatic carbocycles. The van der Waals surface area contributed by atoms with Crippen LogP contribution in [0.5, 0.6) is 11.5 Å². The lowest BCUT2D eigenvalue weighted by molar-refractivity contribution is -0.116. The van der Waals surface area contributed by atoms with E-state index < -0.39 is 0 Å². The van der Waals surface area contributed by atoms with Gasteiger partial charge in [0.15, 0.2) is 0 Å². The summed E-state index contributed by atoms with van der Waals surface area (Å²) >= 11 is 0. The number of amides is 1. The number of carbonyl (C=O) groups excluding carboxylic acids is 1. The first-order valence-corrected chi connectivity index (χ1v) is 7.08. The average molecular weight is 298 g/mol. The van der Waals surface area contributed by atoms with Crippen LogP contribution in [0.1, 0.15) is 5.56 Å². The first-order valence-electron chi connectivity index (χ1n) is 7.08. The number of hydrogen-bond acceptors (Lipinski definition) is 4. The normalized spacial score (nSPS) is 15.6. The minimum atomic E-state index is -0.284. The van der Waals surface area contributed by atoms with Gasteiger partial charge in [-0.3, -0.25) is 4.79 Å². The van der Waals surface area contributed by atoms with Gasteiger partial charge in [0.25, 0.3) is 0 Å². The molecule has 0 saturated heterocycles. The lowest BCUT2D eigenvalue weighted by atomic mass is 10.1. The van der Waals surface area contributed by atoms with Crippen molar-refractivity contribution in [3.8, 4) is 11.5 Å². The summed E-state index contributed by atoms with van der Waals surface area (Å²) in [6.45, 7) is 0. The molecule has 0 bridgehead atoms. The molecule has 1 aliphatic heterocycles. The van der Waals surface area contributed by atoms with E-state index in [4.69, 9.17) is 9.47 Å². The summed E-state index contributed by atoms with van der Waals surface area (Å²) in [5, 5.41) is 6.14. The van der Waals surface area contributed by atoms with Gasteiger partial charge in [0.2, 0.25) is 5.91 Å². The van der Waals surface area contributed by atoms with Crippen LogP contribution in [0.15, 0.2) is 42.5 Å². The predicted molar refractivity (Wildman–Crippen MR) is 85.7 cm³/mol. The van der Waals surface area contributed by atoms with Crippen LogP contribution in [0.25, 0.3) is 0 Å². The highest BCUT2D eigenvalue weighted by Gasteiger charge is 2.26. The van der Waals surface area contributed by atoms with E-state index in [-0.39, 0.29) is 11.9 Å². The number of ether oxygens (including phenoxy) is 2. The average Bonchev–Trinajstić information content (AvgIpc) is 2.99. The van der Waals surface area contributed by atoms with Gasteiger partial charge in [0, 0.05) is 18.2 Å². The molecule has 0 aliphatic carbocycles. The van der Waals surface area contributed by atoms with E-state index in [9.17, 15) is 4.79 Å². The lowest BCUT2D eigenvalue weighted by Gasteiger charge is -2.15. The molecular formula is C17H18N2O3. The largest absolute Gasteiger partial charge is 0.497 e. The molecule has 2 aromatic rings. The van der Waals surface area contributed by atoms with Crippen molar-refractivity contribution in [2.24, 2.45) is 0 Å². The van der Waals surface area contributed by atoms with Gasteiger partial charge in [0.05, 0.1) is 19.9 Å². The second-order valence-electron chi connectivity index (χ2n) is 5.11. The SMILES string of the molecule is COc1ccc(OC)c(NC(=O)C2Cc3ccccc3N2)c1. The Morgan fingerprint density at radius 3 is 2.73 bits per heavy atom. The predicted octanol–water partition coefficient (Wildman–Crippen LogP) is 2.68. The molecule has 5 nitrogen and oxygen atoms in total. The molecule has 1 atom stereocenters. The molecule has 1 aliphatic rings. The van der Waals surface area contributed by atoms with Gasteiger partial charge in [0.1, 0.15) is 17.5 Å². The minimum absolute atomic E-state index is 0.0947. The van der Waals surface area contributed by atoms with E-state index in [0.29, 0.717) is 23.6 Å². The van der Waals surface area contributed by atoms with Crippen LogP contribution in [0.3, 0.4) is 0 Å². The molecule has 1 heterocycles. The van der Waals surface area contributed by atoms with Crippen molar-refractivity contribution in [3.05, 3.63) is 48.0 Å². The van der Waals surface area contributed by atoms with E-state index >= 15 is 0 Å². The molecule has 22 heavy (non-hydrogen) atoms. The summed E-state index contributed by atoms with van der Waals surface area (Å²) in [6.07, 6.45) is 0.675. The Labute approximate surface area is 129 Å². The maximum absolute atomic E-state index is 12.5. The Kier molecular flexibility index (Phi) is 3.87. The first kappa shape index (κ1) is 14.3. The van der Waals surface area contributed by atoms with E-state index in [1.807, 2.05) is 24.3 Å². The highest BCUT2D eigenvalue weighted by atomic mass is 16.5. The van der Waals surface area contributed by atoms with Gasteiger partial charge >= 0.3 is 0 Å². The molecule has 1 unspecified atom stereocenters. The highest BCUT2D eigenvalue weighted by Crippen LogP contribution is 2.30. The van der Waals surface area contributed by atoms with Crippen LogP contribution < -0.4 is 20.1 Å². The second-order valence-corrected chi connectivity index (χ2v) is 5.11. The summed E-state index contributed by atoms with van der Waals surface area (Å²) in [5.74, 6) is 1.17. The number of para-hydroxylation sites is 1. The van der Waals surface area contributed by atoms with E-state index in [1.54, 1.807) is 32.4 Å². The third kappa shape index (κ3) is 2.70. The van der Waals surface area contributed by atoms with Gasteiger partial charge < -0.3 is 20.1 Å². The quantitative estimate of drug-likeness (QED) is 0.911. The maximum Gasteiger partial charge on any atom is 0.247 e. The molecule has 114 valence electrons. The van der Waals surface area contributed by atoms with Gasteiger partial charge in [-0.25, -0.2) is 0 Å². The fraction of sp³-hybridized carbons (Fsp3) is 0.235. The number of nitrogens with one attached hydrogen (secondary N) is 2. The minimum Gasteiger partial charge on any atom is -0.497 e. The topological polar surface area (TPSA) is 59.6 Å². The standard InChI is InChI=1S/C17H18N2O3/c1-21-12-7-8-16(22-2)14(10-12)19-17(20)15-9-11-5-3-4-6-13(11)18-15/h3-8,10,15,18H,9H2,1-2H3,(H,19,20). The highest BCUT2D eigenvalue weighted by molar-refractivity contribution is 5.99. The molecule has 3 rings (SSSR count). The summed E-state index contributed by atoms with van der Waals surface area (Å²) in [7, 11) is 3.16. The van der Waals surface area contributed by atoms with Gasteiger partial charge in [-0.15, -0.1) is 0 Å². The Bertz CT molecular complexity index is 675. The molecule has 2 N–H and O–H groups in total. The maximum atomic E-state index is 12.5. The summed E-state index contributed by atoms with van der Waals surface area (Å²) in [6, 6.07) is 13.0. The van der Waals surface area contributed by atoms with Crippen LogP contribution in [0.4, 0.5) is 11.4 Å². The number of rotatable bonds is 4. The zero-order valence-electron chi connectivity index (χ0n) is 12.6. The first-order chi connectivity index (χ1) is 10.7. The van der Waals surface area contributed by atoms with Crippen molar-refractivity contribution in [1.29, 1.82) is 0 Å². The van der Waals surface area contributed by atoms with Gasteiger partial charge in [-0.05, 0) is 23.8 Å². The Morgan fingerprint density at radius 2 is 2.00 bits per heavy atom. The Morgan fingerprint density at radius 1 is 1.18 bits per heavy atom. The molecule has 5 heteroatoms. The van der Waals surface area contributed by atoms with E-state index in [0.717, 1.165) is 11.3 Å². The second kappa shape index (κ2) is 5.97. The number of fused-ring (bicyclic) bond motifs is 1. The van der Waals surface area contributed by atoms with Crippen LogP contribution in [0.2, 0.25) is 0 Å². The van der Waals surface area contributed by atoms with Crippen molar-refractivity contribution in [2.45, 2.75) is 12.5 Å². The molecule has 0 spiro atoms. The fourth-order valence-electron chi connectivity index (χ4n) is 2.59. The van der Waals surface area contributed by atoms with Crippen molar-refractivity contribution in [1.82, 2.24) is 0 Å². The summed E-state index contributed by atoms with van der Waals surface area (Å²) in [5.41, 5.74) is 2.77. The van der Waals surface area contributed by atoms with Crippen molar-refractivity contribution < 1.29 is 14.3 Å². The van der Waals surface area contributed by atoms with E-state index in [1.165, 1.54) is 0 Å². The molecule has 0 fully saturated rings. The van der Waals surface area contributed by atoms with Crippen LogP contribution >= 0.6 is 0 Å². The monoisotopic (exact) mass is 298 g/mol. The zero-order valence-corrected chi connectivity index (χ0v) is 12.6. The molecule has 0 aromatic heterocycles. The van der Waals surface area contributed by atoms with Crippen molar-refractivity contribution >= 4 is 17.3 Å². The van der Waals surface area contributed by atoms with Gasteiger partial charge in [-0.1, -0.05) is 18.2 Å². The zero-order chi connectivity index (χ0) is 15.5. The van der Waals surface area contributed by atoms with Crippen LogP contribution in [0, 0.1) is 0 Å².